The van der Waals surface area contributed by atoms with Crippen LogP contribution in [0.15, 0.2) is 53.4 Å². The Hall–Kier alpha value is -2.40. The molecule has 7 nitrogen and oxygen atoms in total. The lowest BCUT2D eigenvalue weighted by atomic mass is 10.3. The number of amides is 1. The van der Waals surface area contributed by atoms with Crippen LogP contribution < -0.4 is 4.90 Å². The van der Waals surface area contributed by atoms with Gasteiger partial charge in [-0.25, -0.2) is 17.8 Å². The zero-order valence-electron chi connectivity index (χ0n) is 16.7. The molecule has 0 N–H and O–H groups in total. The molecular weight excluding hydrogens is 441 g/mol. The van der Waals surface area contributed by atoms with Crippen LogP contribution in [0.4, 0.5) is 9.52 Å². The van der Waals surface area contributed by atoms with Crippen LogP contribution in [-0.2, 0) is 19.4 Å². The number of anilines is 1. The summed E-state index contributed by atoms with van der Waals surface area (Å²) in [5.41, 5.74) is 0.566. The molecule has 1 aliphatic heterocycles. The Bertz CT molecular complexity index is 1160. The number of thiazole rings is 1. The van der Waals surface area contributed by atoms with Gasteiger partial charge in [-0.05, 0) is 30.3 Å². The highest BCUT2D eigenvalue weighted by molar-refractivity contribution is 7.92. The lowest BCUT2D eigenvalue weighted by Crippen LogP contribution is -2.44. The first-order valence-corrected chi connectivity index (χ1v) is 12.3. The van der Waals surface area contributed by atoms with Crippen LogP contribution in [0.3, 0.4) is 0 Å². The van der Waals surface area contributed by atoms with Crippen LogP contribution in [0.1, 0.15) is 0 Å². The van der Waals surface area contributed by atoms with Gasteiger partial charge in [0, 0.05) is 26.2 Å². The van der Waals surface area contributed by atoms with Gasteiger partial charge in [-0.2, -0.15) is 0 Å². The lowest BCUT2D eigenvalue weighted by Gasteiger charge is -2.29. The Balaban J connectivity index is 1.59. The molecule has 0 bridgehead atoms. The summed E-state index contributed by atoms with van der Waals surface area (Å²) in [5.74, 6) is -1.61. The number of nitrogens with zero attached hydrogens (tertiary/aromatic N) is 3. The second-order valence-corrected chi connectivity index (χ2v) is 10.2. The van der Waals surface area contributed by atoms with Crippen molar-refractivity contribution in [3.63, 3.8) is 0 Å². The Kier molecular flexibility index (Phi) is 6.61. The van der Waals surface area contributed by atoms with Crippen LogP contribution in [0.25, 0.3) is 10.2 Å². The first kappa shape index (κ1) is 21.8. The molecule has 1 amide bonds. The van der Waals surface area contributed by atoms with Crippen LogP contribution in [-0.4, -0.2) is 69.4 Å². The van der Waals surface area contributed by atoms with Crippen LogP contribution in [0, 0.1) is 5.82 Å². The molecule has 0 unspecified atom stereocenters. The number of benzene rings is 2. The van der Waals surface area contributed by atoms with Gasteiger partial charge in [0.2, 0.25) is 5.91 Å². The smallest absolute Gasteiger partial charge is 0.244 e. The van der Waals surface area contributed by atoms with E-state index in [1.165, 1.54) is 40.5 Å². The van der Waals surface area contributed by atoms with Gasteiger partial charge in [0.05, 0.1) is 28.3 Å². The highest BCUT2D eigenvalue weighted by atomic mass is 32.2. The van der Waals surface area contributed by atoms with E-state index < -0.39 is 21.5 Å². The summed E-state index contributed by atoms with van der Waals surface area (Å²) in [6.07, 6.45) is 0. The maximum Gasteiger partial charge on any atom is 0.244 e. The maximum atomic E-state index is 13.6. The third kappa shape index (κ3) is 5.27. The van der Waals surface area contributed by atoms with Crippen molar-refractivity contribution in [2.75, 3.05) is 50.0 Å². The van der Waals surface area contributed by atoms with Gasteiger partial charge in [0.1, 0.15) is 11.6 Å². The zero-order valence-corrected chi connectivity index (χ0v) is 18.4. The van der Waals surface area contributed by atoms with Crippen molar-refractivity contribution >= 4 is 42.4 Å². The summed E-state index contributed by atoms with van der Waals surface area (Å²) in [6.45, 7) is 3.58. The Labute approximate surface area is 184 Å². The molecule has 1 fully saturated rings. The topological polar surface area (TPSA) is 79.8 Å². The van der Waals surface area contributed by atoms with E-state index >= 15 is 0 Å². The number of halogens is 1. The van der Waals surface area contributed by atoms with Gasteiger partial charge in [-0.15, -0.1) is 0 Å². The van der Waals surface area contributed by atoms with Gasteiger partial charge >= 0.3 is 0 Å². The fraction of sp³-hybridized carbons (Fsp3) is 0.333. The number of fused-ring (bicyclic) bond motifs is 1. The monoisotopic (exact) mass is 463 g/mol. The van der Waals surface area contributed by atoms with E-state index in [9.17, 15) is 17.6 Å². The molecule has 0 saturated carbocycles. The summed E-state index contributed by atoms with van der Waals surface area (Å²) in [6, 6.07) is 12.1. The molecule has 3 aromatic rings. The van der Waals surface area contributed by atoms with Crippen molar-refractivity contribution in [2.45, 2.75) is 4.90 Å². The summed E-state index contributed by atoms with van der Waals surface area (Å²) < 4.78 is 45.1. The molecule has 1 saturated heterocycles. The zero-order chi connectivity index (χ0) is 21.8. The summed E-state index contributed by atoms with van der Waals surface area (Å²) in [7, 11) is -3.80. The number of rotatable bonds is 7. The molecule has 2 heterocycles. The number of carbonyl (C=O) groups is 1. The standard InChI is InChI=1S/C21H22FN3O4S2/c22-16-6-7-18-19(14-16)30-21(23-18)25(9-8-24-10-12-29-13-11-24)20(26)15-31(27,28)17-4-2-1-3-5-17/h1-7,14H,8-13,15H2. The molecule has 4 rings (SSSR count). The van der Waals surface area contributed by atoms with E-state index in [0.29, 0.717) is 35.1 Å². The van der Waals surface area contributed by atoms with Crippen molar-refractivity contribution in [3.05, 3.63) is 54.3 Å². The molecule has 31 heavy (non-hydrogen) atoms. The number of carbonyl (C=O) groups excluding carboxylic acids is 1. The summed E-state index contributed by atoms with van der Waals surface area (Å²) >= 11 is 1.17. The molecule has 0 radical (unpaired) electrons. The second-order valence-electron chi connectivity index (χ2n) is 7.18. The van der Waals surface area contributed by atoms with E-state index in [1.807, 2.05) is 0 Å². The Morgan fingerprint density at radius 2 is 1.90 bits per heavy atom. The van der Waals surface area contributed by atoms with Gasteiger partial charge < -0.3 is 4.74 Å². The highest BCUT2D eigenvalue weighted by Gasteiger charge is 2.27. The number of morpholine rings is 1. The van der Waals surface area contributed by atoms with Crippen LogP contribution in [0.2, 0.25) is 0 Å². The minimum Gasteiger partial charge on any atom is -0.379 e. The van der Waals surface area contributed by atoms with E-state index in [1.54, 1.807) is 24.3 Å². The predicted octanol–water partition coefficient (Wildman–Crippen LogP) is 2.57. The average Bonchev–Trinajstić information content (AvgIpc) is 3.17. The molecule has 10 heteroatoms. The summed E-state index contributed by atoms with van der Waals surface area (Å²) in [5, 5.41) is 0.363. The second kappa shape index (κ2) is 9.39. The molecule has 164 valence electrons. The van der Waals surface area contributed by atoms with Gasteiger partial charge in [0.25, 0.3) is 0 Å². The highest BCUT2D eigenvalue weighted by Crippen LogP contribution is 2.30. The number of hydrogen-bond acceptors (Lipinski definition) is 7. The Morgan fingerprint density at radius 3 is 2.65 bits per heavy atom. The van der Waals surface area contributed by atoms with Crippen molar-refractivity contribution in [1.82, 2.24) is 9.88 Å². The molecule has 1 aliphatic rings. The van der Waals surface area contributed by atoms with Crippen molar-refractivity contribution in [1.29, 1.82) is 0 Å². The van der Waals surface area contributed by atoms with Gasteiger partial charge in [0.15, 0.2) is 15.0 Å². The third-order valence-electron chi connectivity index (χ3n) is 5.03. The SMILES string of the molecule is O=C(CS(=O)(=O)c1ccccc1)N(CCN1CCOCC1)c1nc2ccc(F)cc2s1. The molecule has 0 aliphatic carbocycles. The van der Waals surface area contributed by atoms with Crippen molar-refractivity contribution < 1.29 is 22.3 Å². The normalized spacial score (nSPS) is 15.3. The largest absolute Gasteiger partial charge is 0.379 e. The van der Waals surface area contributed by atoms with E-state index in [0.717, 1.165) is 13.1 Å². The maximum absolute atomic E-state index is 13.6. The van der Waals surface area contributed by atoms with E-state index in [-0.39, 0.29) is 17.3 Å². The first-order chi connectivity index (χ1) is 14.9. The van der Waals surface area contributed by atoms with E-state index in [2.05, 4.69) is 9.88 Å². The molecule has 2 aromatic carbocycles. The molecule has 1 aromatic heterocycles. The Morgan fingerprint density at radius 1 is 1.16 bits per heavy atom. The summed E-state index contributed by atoms with van der Waals surface area (Å²) in [4.78, 5) is 21.3. The van der Waals surface area contributed by atoms with Crippen molar-refractivity contribution in [2.24, 2.45) is 0 Å². The third-order valence-corrected chi connectivity index (χ3v) is 7.69. The number of ether oxygens (including phenoxy) is 1. The van der Waals surface area contributed by atoms with Gasteiger partial charge in [-0.3, -0.25) is 14.6 Å². The number of aromatic nitrogens is 1. The van der Waals surface area contributed by atoms with Gasteiger partial charge in [-0.1, -0.05) is 29.5 Å². The number of hydrogen-bond donors (Lipinski definition) is 0. The quantitative estimate of drug-likeness (QED) is 0.536. The average molecular weight is 464 g/mol. The lowest BCUT2D eigenvalue weighted by molar-refractivity contribution is -0.116. The fourth-order valence-corrected chi connectivity index (χ4v) is 5.60. The predicted molar refractivity (Wildman–Crippen MR) is 118 cm³/mol. The first-order valence-electron chi connectivity index (χ1n) is 9.87. The minimum atomic E-state index is -3.80. The fourth-order valence-electron chi connectivity index (χ4n) is 3.35. The molecule has 0 atom stereocenters. The number of sulfone groups is 1. The van der Waals surface area contributed by atoms with Crippen LogP contribution >= 0.6 is 11.3 Å². The minimum absolute atomic E-state index is 0.0999. The van der Waals surface area contributed by atoms with Crippen LogP contribution in [0.5, 0.6) is 0 Å². The van der Waals surface area contributed by atoms with Crippen molar-refractivity contribution in [3.8, 4) is 0 Å². The van der Waals surface area contributed by atoms with E-state index in [4.69, 9.17) is 4.74 Å². The molecule has 0 spiro atoms. The molecular formula is C21H22FN3O4S2.